The minimum Gasteiger partial charge on any atom is -0.480 e. The van der Waals surface area contributed by atoms with E-state index < -0.39 is 11.5 Å². The third-order valence-electron chi connectivity index (χ3n) is 4.87. The molecule has 0 aromatic heterocycles. The minimum absolute atomic E-state index is 0.106. The maximum absolute atomic E-state index is 12.2. The van der Waals surface area contributed by atoms with Crippen molar-refractivity contribution in [3.05, 3.63) is 0 Å². The van der Waals surface area contributed by atoms with Crippen molar-refractivity contribution in [2.24, 2.45) is 5.92 Å². The van der Waals surface area contributed by atoms with Crippen molar-refractivity contribution < 1.29 is 19.4 Å². The van der Waals surface area contributed by atoms with Gasteiger partial charge in [0.25, 0.3) is 0 Å². The molecule has 120 valence electrons. The topological polar surface area (TPSA) is 75.6 Å². The molecule has 0 bridgehead atoms. The maximum atomic E-state index is 12.2. The van der Waals surface area contributed by atoms with Crippen LogP contribution in [0.25, 0.3) is 0 Å². The maximum Gasteiger partial charge on any atom is 0.329 e. The molecule has 2 rings (SSSR count). The van der Waals surface area contributed by atoms with Crippen molar-refractivity contribution in [3.63, 3.8) is 0 Å². The molecule has 1 aliphatic carbocycles. The number of hydrogen-bond donors (Lipinski definition) is 2. The number of aliphatic carboxylic acids is 1. The van der Waals surface area contributed by atoms with Crippen molar-refractivity contribution >= 4 is 11.9 Å². The van der Waals surface area contributed by atoms with Crippen molar-refractivity contribution in [2.75, 3.05) is 13.2 Å². The first-order valence-corrected chi connectivity index (χ1v) is 8.24. The summed E-state index contributed by atoms with van der Waals surface area (Å²) in [4.78, 5) is 23.8. The summed E-state index contributed by atoms with van der Waals surface area (Å²) in [6, 6.07) is 0. The number of hydrogen-bond acceptors (Lipinski definition) is 3. The highest BCUT2D eigenvalue weighted by atomic mass is 16.5. The zero-order valence-electron chi connectivity index (χ0n) is 12.7. The van der Waals surface area contributed by atoms with Gasteiger partial charge in [-0.1, -0.05) is 25.7 Å². The molecule has 2 aliphatic rings. The molecule has 1 saturated carbocycles. The molecular formula is C16H27NO4. The Bertz CT molecular complexity index is 355. The highest BCUT2D eigenvalue weighted by molar-refractivity contribution is 5.87. The van der Waals surface area contributed by atoms with E-state index in [9.17, 15) is 14.7 Å². The lowest BCUT2D eigenvalue weighted by Crippen LogP contribution is -2.54. The smallest absolute Gasteiger partial charge is 0.329 e. The molecule has 2 N–H and O–H groups in total. The molecule has 0 aromatic rings. The first kappa shape index (κ1) is 16.3. The Balaban J connectivity index is 1.84. The molecule has 1 aliphatic heterocycles. The summed E-state index contributed by atoms with van der Waals surface area (Å²) in [5.41, 5.74) is -1.02. The Morgan fingerprint density at radius 3 is 2.29 bits per heavy atom. The number of carboxylic acid groups (broad SMARTS) is 1. The van der Waals surface area contributed by atoms with Crippen LogP contribution in [-0.4, -0.2) is 35.7 Å². The van der Waals surface area contributed by atoms with Gasteiger partial charge in [-0.15, -0.1) is 0 Å². The van der Waals surface area contributed by atoms with Crippen LogP contribution in [0.4, 0.5) is 0 Å². The van der Waals surface area contributed by atoms with Crippen LogP contribution in [0.2, 0.25) is 0 Å². The van der Waals surface area contributed by atoms with Gasteiger partial charge in [0.05, 0.1) is 0 Å². The highest BCUT2D eigenvalue weighted by Gasteiger charge is 2.39. The average molecular weight is 297 g/mol. The van der Waals surface area contributed by atoms with E-state index in [1.54, 1.807) is 0 Å². The van der Waals surface area contributed by atoms with Gasteiger partial charge >= 0.3 is 5.97 Å². The van der Waals surface area contributed by atoms with Gasteiger partial charge in [-0.2, -0.15) is 0 Å². The van der Waals surface area contributed by atoms with E-state index in [2.05, 4.69) is 5.32 Å². The van der Waals surface area contributed by atoms with Gasteiger partial charge < -0.3 is 15.2 Å². The predicted octanol–water partition coefficient (Wildman–Crippen LogP) is 2.49. The van der Waals surface area contributed by atoms with E-state index in [-0.39, 0.29) is 5.91 Å². The summed E-state index contributed by atoms with van der Waals surface area (Å²) in [5.74, 6) is -0.436. The summed E-state index contributed by atoms with van der Waals surface area (Å²) in [5, 5.41) is 12.4. The van der Waals surface area contributed by atoms with Crippen molar-refractivity contribution in [3.8, 4) is 0 Å². The van der Waals surface area contributed by atoms with Crippen LogP contribution < -0.4 is 5.32 Å². The lowest BCUT2D eigenvalue weighted by molar-refractivity contribution is -0.148. The third-order valence-corrected chi connectivity index (χ3v) is 4.87. The average Bonchev–Trinajstić information content (AvgIpc) is 2.73. The summed E-state index contributed by atoms with van der Waals surface area (Å²) in [6.45, 7) is 1.57. The first-order chi connectivity index (χ1) is 10.1. The fourth-order valence-electron chi connectivity index (χ4n) is 3.42. The van der Waals surface area contributed by atoms with Gasteiger partial charge in [0.15, 0.2) is 0 Å². The first-order valence-electron chi connectivity index (χ1n) is 8.24. The van der Waals surface area contributed by atoms with E-state index in [4.69, 9.17) is 4.74 Å². The van der Waals surface area contributed by atoms with Crippen LogP contribution in [0, 0.1) is 5.92 Å². The van der Waals surface area contributed by atoms with E-state index in [0.717, 1.165) is 58.2 Å². The Kier molecular flexibility index (Phi) is 6.03. The van der Waals surface area contributed by atoms with E-state index in [1.807, 2.05) is 0 Å². The number of nitrogens with one attached hydrogen (secondary N) is 1. The van der Waals surface area contributed by atoms with E-state index >= 15 is 0 Å². The van der Waals surface area contributed by atoms with Crippen LogP contribution in [0.5, 0.6) is 0 Å². The SMILES string of the molecule is O=C(CCC1CCOCC1)NC1(C(=O)O)CCCCCC1. The van der Waals surface area contributed by atoms with E-state index in [0.29, 0.717) is 25.2 Å². The molecule has 5 nitrogen and oxygen atoms in total. The zero-order valence-corrected chi connectivity index (χ0v) is 12.7. The quantitative estimate of drug-likeness (QED) is 0.764. The second-order valence-corrected chi connectivity index (χ2v) is 6.44. The molecule has 5 heteroatoms. The summed E-state index contributed by atoms with van der Waals surface area (Å²) in [7, 11) is 0. The Labute approximate surface area is 126 Å². The number of rotatable bonds is 5. The second kappa shape index (κ2) is 7.78. The minimum atomic E-state index is -1.02. The van der Waals surface area contributed by atoms with Crippen LogP contribution in [0.3, 0.4) is 0 Å². The third kappa shape index (κ3) is 4.70. The molecular weight excluding hydrogens is 270 g/mol. The standard InChI is InChI=1S/C16H27NO4/c18-14(6-5-13-7-11-21-12-8-13)17-16(15(19)20)9-3-1-2-4-10-16/h13H,1-12H2,(H,17,18)(H,19,20). The summed E-state index contributed by atoms with van der Waals surface area (Å²) in [6.07, 6.45) is 8.30. The van der Waals surface area contributed by atoms with Gasteiger partial charge in [0.1, 0.15) is 5.54 Å². The van der Waals surface area contributed by atoms with Gasteiger partial charge in [-0.3, -0.25) is 4.79 Å². The number of ether oxygens (including phenoxy) is 1. The Morgan fingerprint density at radius 1 is 1.10 bits per heavy atom. The second-order valence-electron chi connectivity index (χ2n) is 6.44. The van der Waals surface area contributed by atoms with Gasteiger partial charge in [0, 0.05) is 19.6 Å². The molecule has 1 saturated heterocycles. The zero-order chi connectivity index (χ0) is 15.1. The molecule has 0 unspecified atom stereocenters. The van der Waals surface area contributed by atoms with Crippen molar-refractivity contribution in [2.45, 2.75) is 69.7 Å². The van der Waals surface area contributed by atoms with Gasteiger partial charge in [-0.05, 0) is 38.0 Å². The van der Waals surface area contributed by atoms with Crippen LogP contribution in [0.1, 0.15) is 64.2 Å². The number of carbonyl (C=O) groups is 2. The summed E-state index contributed by atoms with van der Waals surface area (Å²) < 4.78 is 5.31. The summed E-state index contributed by atoms with van der Waals surface area (Å²) >= 11 is 0. The molecule has 2 fully saturated rings. The Morgan fingerprint density at radius 2 is 1.71 bits per heavy atom. The van der Waals surface area contributed by atoms with Gasteiger partial charge in [0.2, 0.25) is 5.91 Å². The number of amides is 1. The van der Waals surface area contributed by atoms with Crippen molar-refractivity contribution in [1.29, 1.82) is 0 Å². The monoisotopic (exact) mass is 297 g/mol. The largest absolute Gasteiger partial charge is 0.480 e. The molecule has 0 atom stereocenters. The molecule has 0 aromatic carbocycles. The number of carbonyl (C=O) groups excluding carboxylic acids is 1. The van der Waals surface area contributed by atoms with Crippen LogP contribution in [-0.2, 0) is 14.3 Å². The lowest BCUT2D eigenvalue weighted by Gasteiger charge is -2.30. The highest BCUT2D eigenvalue weighted by Crippen LogP contribution is 2.28. The molecule has 1 heterocycles. The van der Waals surface area contributed by atoms with Crippen LogP contribution in [0.15, 0.2) is 0 Å². The molecule has 0 spiro atoms. The Hall–Kier alpha value is -1.10. The molecule has 1 amide bonds. The normalized spacial score (nSPS) is 23.2. The predicted molar refractivity (Wildman–Crippen MR) is 79.0 cm³/mol. The van der Waals surface area contributed by atoms with Crippen molar-refractivity contribution in [1.82, 2.24) is 5.32 Å². The fourth-order valence-corrected chi connectivity index (χ4v) is 3.42. The van der Waals surface area contributed by atoms with E-state index in [1.165, 1.54) is 0 Å². The lowest BCUT2D eigenvalue weighted by atomic mass is 9.89. The molecule has 21 heavy (non-hydrogen) atoms. The number of carboxylic acids is 1. The fraction of sp³-hybridized carbons (Fsp3) is 0.875. The van der Waals surface area contributed by atoms with Gasteiger partial charge in [-0.25, -0.2) is 4.79 Å². The molecule has 0 radical (unpaired) electrons. The van der Waals surface area contributed by atoms with Crippen LogP contribution >= 0.6 is 0 Å².